The number of hydrogen-bond acceptors (Lipinski definition) is 15. The fourth-order valence-electron chi connectivity index (χ4n) is 4.39. The zero-order chi connectivity index (χ0) is 42.0. The Labute approximate surface area is 319 Å². The van der Waals surface area contributed by atoms with Gasteiger partial charge in [-0.25, -0.2) is 0 Å². The molecule has 0 aliphatic carbocycles. The molecule has 0 spiro atoms. The Balaban J connectivity index is 0.000000213. The number of phenols is 3. The maximum absolute atomic E-state index is 11.3. The molecule has 0 aliphatic heterocycles. The van der Waals surface area contributed by atoms with Crippen LogP contribution in [-0.2, 0) is 30.4 Å². The first-order chi connectivity index (χ1) is 25.9. The van der Waals surface area contributed by atoms with E-state index in [-0.39, 0.29) is 49.9 Å². The van der Waals surface area contributed by atoms with Gasteiger partial charge < -0.3 is 37.8 Å². The molecular weight excluding hydrogens is 799 g/mol. The van der Waals surface area contributed by atoms with Gasteiger partial charge in [0.05, 0.1) is 20.4 Å². The Kier molecular flexibility index (Phi) is 14.1. The van der Waals surface area contributed by atoms with Crippen LogP contribution in [0.15, 0.2) is 136 Å². The largest absolute Gasteiger partial charge is 0.508 e. The van der Waals surface area contributed by atoms with Crippen LogP contribution in [0.4, 0.5) is 34.1 Å². The van der Waals surface area contributed by atoms with Gasteiger partial charge in [0.15, 0.2) is 0 Å². The zero-order valence-corrected chi connectivity index (χ0v) is 30.8. The van der Waals surface area contributed by atoms with Gasteiger partial charge in [-0.2, -0.15) is 25.3 Å². The second-order valence-corrected chi connectivity index (χ2v) is 15.3. The highest BCUT2D eigenvalue weighted by atomic mass is 32.2. The second kappa shape index (κ2) is 18.1. The number of non-ortho nitro benzene ring substituents is 1. The summed E-state index contributed by atoms with van der Waals surface area (Å²) in [5.41, 5.74) is 18.1. The van der Waals surface area contributed by atoms with Crippen molar-refractivity contribution in [3.63, 3.8) is 0 Å². The number of nitrogens with zero attached hydrogens (tertiary/aromatic N) is 1. The minimum atomic E-state index is -4.59. The summed E-state index contributed by atoms with van der Waals surface area (Å²) >= 11 is 0. The van der Waals surface area contributed by atoms with Crippen LogP contribution in [0.3, 0.4) is 0 Å². The molecule has 6 aromatic rings. The van der Waals surface area contributed by atoms with Gasteiger partial charge >= 0.3 is 0 Å². The van der Waals surface area contributed by atoms with Gasteiger partial charge in [-0.1, -0.05) is 24.3 Å². The molecule has 13 N–H and O–H groups in total. The number of para-hydroxylation sites is 1. The molecule has 56 heavy (non-hydrogen) atoms. The van der Waals surface area contributed by atoms with E-state index >= 15 is 0 Å². The SMILES string of the molecule is Nc1cc(S(=O)(=O)O)cc2cc(S(=O)(=O)O)cc(O)c12.Nc1ccc(Nc2ccccc2)c(S(=O)(=O)O)c1.Nc1ccc([N+](=O)[O-])cc1.Oc1cccc(O)c1. The van der Waals surface area contributed by atoms with Crippen LogP contribution in [-0.4, -0.2) is 59.2 Å². The Morgan fingerprint density at radius 2 is 1.09 bits per heavy atom. The predicted molar refractivity (Wildman–Crippen MR) is 207 cm³/mol. The summed E-state index contributed by atoms with van der Waals surface area (Å²) < 4.78 is 93.8. The van der Waals surface area contributed by atoms with Crippen LogP contribution in [0, 0.1) is 10.1 Å². The monoisotopic (exact) mass is 831 g/mol. The van der Waals surface area contributed by atoms with Gasteiger partial charge in [-0.15, -0.1) is 0 Å². The van der Waals surface area contributed by atoms with Crippen molar-refractivity contribution in [3.05, 3.63) is 131 Å². The molecule has 0 aliphatic rings. The third-order valence-corrected chi connectivity index (χ3v) is 9.43. The number of phenolic OH excluding ortho intramolecular Hbond substituents is 3. The lowest BCUT2D eigenvalue weighted by Gasteiger charge is -2.10. The fraction of sp³-hybridized carbons (Fsp3) is 0. The van der Waals surface area contributed by atoms with E-state index in [2.05, 4.69) is 5.32 Å². The number of aromatic hydroxyl groups is 3. The molecule has 0 unspecified atom stereocenters. The van der Waals surface area contributed by atoms with Crippen LogP contribution in [0.5, 0.6) is 17.2 Å². The average molecular weight is 832 g/mol. The molecule has 0 heterocycles. The Morgan fingerprint density at radius 1 is 0.571 bits per heavy atom. The van der Waals surface area contributed by atoms with E-state index < -0.39 is 50.8 Å². The van der Waals surface area contributed by atoms with Gasteiger partial charge in [-0.05, 0) is 78.2 Å². The van der Waals surface area contributed by atoms with Crippen molar-refractivity contribution in [2.45, 2.75) is 14.7 Å². The van der Waals surface area contributed by atoms with E-state index in [0.29, 0.717) is 11.4 Å². The van der Waals surface area contributed by atoms with Crippen molar-refractivity contribution >= 4 is 75.3 Å². The van der Waals surface area contributed by atoms with Gasteiger partial charge in [-0.3, -0.25) is 23.8 Å². The standard InChI is InChI=1S/C12H12N2O3S.C10H9NO7S2.C6H6N2O2.C6H6O2/c13-9-6-7-11(12(8-9)18(15,16)17)14-10-4-2-1-3-5-10;11-8-3-6(19(13,14)15)1-5-2-7(20(16,17)18)4-9(12)10(5)8;7-5-1-3-6(4-2-5)8(9)10;7-5-2-1-3-6(8)4-5/h1-8,14H,13H2,(H,15,16,17);1-4,12H,11H2,(H,13,14,15)(H,16,17,18);1-4H,7H2;1-4,7-8H. The number of hydrogen-bond donors (Lipinski definition) is 10. The van der Waals surface area contributed by atoms with Crippen molar-refractivity contribution in [1.82, 2.24) is 0 Å². The first kappa shape index (κ1) is 43.7. The zero-order valence-electron chi connectivity index (χ0n) is 28.4. The molecule has 0 amide bonds. The number of nitrogens with two attached hydrogens (primary N) is 3. The molecule has 0 bridgehead atoms. The lowest BCUT2D eigenvalue weighted by atomic mass is 10.1. The number of nitro benzene ring substituents is 1. The number of rotatable bonds is 6. The summed E-state index contributed by atoms with van der Waals surface area (Å²) in [6, 6.07) is 28.4. The van der Waals surface area contributed by atoms with Crippen LogP contribution in [0.1, 0.15) is 0 Å². The predicted octanol–water partition coefficient (Wildman–Crippen LogP) is 5.15. The van der Waals surface area contributed by atoms with E-state index in [9.17, 15) is 40.5 Å². The van der Waals surface area contributed by atoms with Crippen molar-refractivity contribution in [2.75, 3.05) is 22.5 Å². The molecule has 0 aromatic heterocycles. The summed E-state index contributed by atoms with van der Waals surface area (Å²) in [6.07, 6.45) is 0. The average Bonchev–Trinajstić information content (AvgIpc) is 3.09. The molecular formula is C34H33N5O14S3. The highest BCUT2D eigenvalue weighted by Gasteiger charge is 2.19. The van der Waals surface area contributed by atoms with E-state index in [4.69, 9.17) is 41.1 Å². The number of benzene rings is 6. The molecule has 0 atom stereocenters. The maximum Gasteiger partial charge on any atom is 0.296 e. The second-order valence-electron chi connectivity index (χ2n) is 11.1. The quantitative estimate of drug-likeness (QED) is 0.0448. The Bertz CT molecular complexity index is 2590. The molecule has 0 fully saturated rings. The maximum atomic E-state index is 11.3. The molecule has 6 rings (SSSR count). The van der Waals surface area contributed by atoms with Crippen LogP contribution in [0.25, 0.3) is 10.8 Å². The number of fused-ring (bicyclic) bond motifs is 1. The van der Waals surface area contributed by atoms with E-state index in [1.54, 1.807) is 24.3 Å². The molecule has 0 radical (unpaired) electrons. The Morgan fingerprint density at radius 3 is 1.55 bits per heavy atom. The number of nitro groups is 1. The fourth-order valence-corrected chi connectivity index (χ4v) is 6.16. The van der Waals surface area contributed by atoms with E-state index in [0.717, 1.165) is 24.3 Å². The lowest BCUT2D eigenvalue weighted by molar-refractivity contribution is -0.384. The molecule has 19 nitrogen and oxygen atoms in total. The third kappa shape index (κ3) is 13.0. The van der Waals surface area contributed by atoms with Crippen molar-refractivity contribution in [3.8, 4) is 17.2 Å². The minimum absolute atomic E-state index is 0.00444. The molecule has 0 saturated carbocycles. The number of nitrogens with one attached hydrogen (secondary N) is 1. The van der Waals surface area contributed by atoms with Crippen LogP contribution < -0.4 is 22.5 Å². The van der Waals surface area contributed by atoms with Crippen molar-refractivity contribution in [1.29, 1.82) is 0 Å². The summed E-state index contributed by atoms with van der Waals surface area (Å²) in [7, 11) is -13.5. The molecule has 296 valence electrons. The molecule has 0 saturated heterocycles. The lowest BCUT2D eigenvalue weighted by Crippen LogP contribution is -2.04. The van der Waals surface area contributed by atoms with Crippen molar-refractivity contribution < 1.29 is 59.2 Å². The highest BCUT2D eigenvalue weighted by molar-refractivity contribution is 7.86. The number of anilines is 5. The first-order valence-corrected chi connectivity index (χ1v) is 19.5. The highest BCUT2D eigenvalue weighted by Crippen LogP contribution is 2.35. The van der Waals surface area contributed by atoms with Gasteiger partial charge in [0.2, 0.25) is 0 Å². The van der Waals surface area contributed by atoms with Crippen molar-refractivity contribution in [2.24, 2.45) is 0 Å². The molecule has 6 aromatic carbocycles. The number of nitrogen functional groups attached to an aromatic ring is 3. The van der Waals surface area contributed by atoms with Crippen LogP contribution in [0.2, 0.25) is 0 Å². The topological polar surface area (TPSA) is 357 Å². The van der Waals surface area contributed by atoms with Gasteiger partial charge in [0.1, 0.15) is 22.1 Å². The van der Waals surface area contributed by atoms with Gasteiger partial charge in [0.25, 0.3) is 36.0 Å². The Hall–Kier alpha value is -6.69. The first-order valence-electron chi connectivity index (χ1n) is 15.1. The summed E-state index contributed by atoms with van der Waals surface area (Å²) in [6.45, 7) is 0. The third-order valence-electron chi connectivity index (χ3n) is 6.87. The van der Waals surface area contributed by atoms with E-state index in [1.165, 1.54) is 54.6 Å². The normalized spacial score (nSPS) is 11.1. The summed E-state index contributed by atoms with van der Waals surface area (Å²) in [4.78, 5) is 8.18. The summed E-state index contributed by atoms with van der Waals surface area (Å²) in [5.74, 6) is -0.371. The van der Waals surface area contributed by atoms with Gasteiger partial charge in [0, 0.05) is 52.4 Å². The summed E-state index contributed by atoms with van der Waals surface area (Å²) in [5, 5.41) is 40.0. The van der Waals surface area contributed by atoms with E-state index in [1.807, 2.05) is 18.2 Å². The molecule has 22 heteroatoms. The smallest absolute Gasteiger partial charge is 0.296 e. The minimum Gasteiger partial charge on any atom is -0.508 e. The van der Waals surface area contributed by atoms with Crippen LogP contribution >= 0.6 is 0 Å².